The first-order valence-corrected chi connectivity index (χ1v) is 11.3. The van der Waals surface area contributed by atoms with Crippen LogP contribution >= 0.6 is 0 Å². The van der Waals surface area contributed by atoms with Crippen molar-refractivity contribution in [1.29, 1.82) is 0 Å². The average Bonchev–Trinajstić information content (AvgIpc) is 2.85. The number of ether oxygens (including phenoxy) is 1. The van der Waals surface area contributed by atoms with Gasteiger partial charge in [-0.25, -0.2) is 9.37 Å². The van der Waals surface area contributed by atoms with Crippen LogP contribution in [-0.4, -0.2) is 52.6 Å². The number of likely N-dealkylation sites (tertiary alicyclic amines) is 1. The quantitative estimate of drug-likeness (QED) is 0.505. The molecule has 1 fully saturated rings. The number of amides is 1. The second-order valence-corrected chi connectivity index (χ2v) is 8.19. The van der Waals surface area contributed by atoms with Crippen molar-refractivity contribution >= 4 is 17.4 Å². The smallest absolute Gasteiger partial charge is 0.293 e. The van der Waals surface area contributed by atoms with E-state index in [9.17, 15) is 14.0 Å². The summed E-state index contributed by atoms with van der Waals surface area (Å²) in [6.45, 7) is 3.12. The number of carbonyl (C=O) groups excluding carboxylic acids is 1. The first kappa shape index (κ1) is 23.4. The summed E-state index contributed by atoms with van der Waals surface area (Å²) < 4.78 is 20.1. The lowest BCUT2D eigenvalue weighted by atomic mass is 10.1. The molecule has 34 heavy (non-hydrogen) atoms. The van der Waals surface area contributed by atoms with Crippen LogP contribution in [0.1, 0.15) is 12.8 Å². The highest BCUT2D eigenvalue weighted by atomic mass is 19.1. The monoisotopic (exact) mass is 465 g/mol. The maximum Gasteiger partial charge on any atom is 0.293 e. The van der Waals surface area contributed by atoms with E-state index in [1.807, 2.05) is 30.3 Å². The topological polar surface area (TPSA) is 88.5 Å². The van der Waals surface area contributed by atoms with Crippen LogP contribution in [0.3, 0.4) is 0 Å². The molecule has 1 aliphatic heterocycles. The van der Waals surface area contributed by atoms with E-state index in [0.717, 1.165) is 38.2 Å². The van der Waals surface area contributed by atoms with Gasteiger partial charge in [-0.1, -0.05) is 18.2 Å². The molecule has 1 amide bonds. The van der Waals surface area contributed by atoms with Crippen molar-refractivity contribution in [1.82, 2.24) is 14.5 Å². The maximum atomic E-state index is 13.0. The van der Waals surface area contributed by atoms with Crippen LogP contribution in [-0.2, 0) is 11.3 Å². The van der Waals surface area contributed by atoms with Gasteiger partial charge in [0.05, 0.1) is 0 Å². The van der Waals surface area contributed by atoms with Crippen molar-refractivity contribution in [3.63, 3.8) is 0 Å². The third-order valence-corrected chi connectivity index (χ3v) is 5.70. The number of hydrogen-bond acceptors (Lipinski definition) is 6. The van der Waals surface area contributed by atoms with Gasteiger partial charge in [0.25, 0.3) is 5.56 Å². The van der Waals surface area contributed by atoms with Gasteiger partial charge in [0.2, 0.25) is 5.91 Å². The normalized spacial score (nSPS) is 14.5. The van der Waals surface area contributed by atoms with E-state index in [2.05, 4.69) is 20.5 Å². The number of rotatable bonds is 9. The second kappa shape index (κ2) is 11.4. The van der Waals surface area contributed by atoms with E-state index in [1.54, 1.807) is 0 Å². The van der Waals surface area contributed by atoms with Gasteiger partial charge in [0.15, 0.2) is 5.82 Å². The molecule has 1 aromatic heterocycles. The fourth-order valence-electron chi connectivity index (χ4n) is 3.86. The highest BCUT2D eigenvalue weighted by Crippen LogP contribution is 2.14. The first-order valence-electron chi connectivity index (χ1n) is 11.3. The van der Waals surface area contributed by atoms with E-state index < -0.39 is 0 Å². The molecular formula is C25H28FN5O3. The average molecular weight is 466 g/mol. The molecule has 9 heteroatoms. The van der Waals surface area contributed by atoms with Gasteiger partial charge in [0, 0.05) is 43.8 Å². The molecule has 8 nitrogen and oxygen atoms in total. The summed E-state index contributed by atoms with van der Waals surface area (Å²) in [5, 5.41) is 5.90. The second-order valence-electron chi connectivity index (χ2n) is 8.19. The SMILES string of the molecule is O=C(Cn1ccnc(NC2CCN(CCOc3ccccc3)CC2)c1=O)Nc1ccc(F)cc1. The Labute approximate surface area is 197 Å². The third-order valence-electron chi connectivity index (χ3n) is 5.70. The van der Waals surface area contributed by atoms with Crippen LogP contribution in [0.4, 0.5) is 15.9 Å². The van der Waals surface area contributed by atoms with Gasteiger partial charge >= 0.3 is 0 Å². The molecule has 2 aromatic carbocycles. The summed E-state index contributed by atoms with van der Waals surface area (Å²) in [5.41, 5.74) is 0.114. The Bertz CT molecular complexity index is 1130. The Hall–Kier alpha value is -3.72. The fraction of sp³-hybridized carbons (Fsp3) is 0.320. The Kier molecular flexibility index (Phi) is 7.87. The largest absolute Gasteiger partial charge is 0.492 e. The van der Waals surface area contributed by atoms with Crippen LogP contribution < -0.4 is 20.9 Å². The van der Waals surface area contributed by atoms with E-state index in [-0.39, 0.29) is 35.7 Å². The molecule has 0 unspecified atom stereocenters. The zero-order valence-electron chi connectivity index (χ0n) is 18.8. The van der Waals surface area contributed by atoms with Crippen LogP contribution in [0, 0.1) is 5.82 Å². The Balaban J connectivity index is 1.24. The molecule has 2 N–H and O–H groups in total. The number of aromatic nitrogens is 2. The number of para-hydroxylation sites is 1. The lowest BCUT2D eigenvalue weighted by Crippen LogP contribution is -2.42. The Morgan fingerprint density at radius 3 is 2.56 bits per heavy atom. The molecule has 0 aliphatic carbocycles. The summed E-state index contributed by atoms with van der Waals surface area (Å²) in [5.74, 6) is 0.349. The minimum Gasteiger partial charge on any atom is -0.492 e. The summed E-state index contributed by atoms with van der Waals surface area (Å²) in [6.07, 6.45) is 4.75. The molecule has 1 aliphatic rings. The zero-order chi connectivity index (χ0) is 23.8. The number of nitrogens with one attached hydrogen (secondary N) is 2. The van der Waals surface area contributed by atoms with E-state index in [1.165, 1.54) is 41.2 Å². The van der Waals surface area contributed by atoms with E-state index in [4.69, 9.17) is 4.74 Å². The van der Waals surface area contributed by atoms with Crippen molar-refractivity contribution in [3.8, 4) is 5.75 Å². The summed E-state index contributed by atoms with van der Waals surface area (Å²) >= 11 is 0. The lowest BCUT2D eigenvalue weighted by Gasteiger charge is -2.32. The van der Waals surface area contributed by atoms with Crippen molar-refractivity contribution < 1.29 is 13.9 Å². The number of anilines is 2. The number of nitrogens with zero attached hydrogens (tertiary/aromatic N) is 3. The molecule has 3 aromatic rings. The van der Waals surface area contributed by atoms with E-state index in [0.29, 0.717) is 12.3 Å². The molecule has 0 bridgehead atoms. The van der Waals surface area contributed by atoms with Crippen LogP contribution in [0.5, 0.6) is 5.75 Å². The van der Waals surface area contributed by atoms with Gasteiger partial charge in [-0.2, -0.15) is 0 Å². The first-order chi connectivity index (χ1) is 16.6. The number of piperidine rings is 1. The number of benzene rings is 2. The molecule has 2 heterocycles. The number of halogens is 1. The molecule has 1 saturated heterocycles. The molecule has 178 valence electrons. The van der Waals surface area contributed by atoms with Crippen molar-refractivity contribution in [2.24, 2.45) is 0 Å². The fourth-order valence-corrected chi connectivity index (χ4v) is 3.86. The summed E-state index contributed by atoms with van der Waals surface area (Å²) in [6, 6.07) is 15.4. The number of hydrogen-bond donors (Lipinski definition) is 2. The van der Waals surface area contributed by atoms with Crippen molar-refractivity contribution in [2.75, 3.05) is 36.9 Å². The van der Waals surface area contributed by atoms with Crippen molar-refractivity contribution in [2.45, 2.75) is 25.4 Å². The van der Waals surface area contributed by atoms with Gasteiger partial charge in [-0.15, -0.1) is 0 Å². The Morgan fingerprint density at radius 1 is 1.09 bits per heavy atom. The molecule has 0 atom stereocenters. The highest BCUT2D eigenvalue weighted by molar-refractivity contribution is 5.90. The summed E-state index contributed by atoms with van der Waals surface area (Å²) in [7, 11) is 0. The highest BCUT2D eigenvalue weighted by Gasteiger charge is 2.20. The standard InChI is InChI=1S/C25H28FN5O3/c26-19-6-8-20(9-7-19)28-23(32)18-31-15-12-27-24(25(31)33)29-21-10-13-30(14-11-21)16-17-34-22-4-2-1-3-5-22/h1-9,12,15,21H,10-11,13-14,16-18H2,(H,27,29)(H,28,32). The third kappa shape index (κ3) is 6.64. The molecule has 0 spiro atoms. The predicted octanol–water partition coefficient (Wildman–Crippen LogP) is 2.98. The maximum absolute atomic E-state index is 13.0. The van der Waals surface area contributed by atoms with Crippen molar-refractivity contribution in [3.05, 3.63) is 83.2 Å². The minimum absolute atomic E-state index is 0.135. The Morgan fingerprint density at radius 2 is 1.82 bits per heavy atom. The van der Waals surface area contributed by atoms with Crippen LogP contribution in [0.25, 0.3) is 0 Å². The number of carbonyl (C=O) groups is 1. The predicted molar refractivity (Wildman–Crippen MR) is 129 cm³/mol. The van der Waals surface area contributed by atoms with Gasteiger partial charge < -0.3 is 19.9 Å². The molecular weight excluding hydrogens is 437 g/mol. The zero-order valence-corrected chi connectivity index (χ0v) is 18.8. The molecule has 0 saturated carbocycles. The van der Waals surface area contributed by atoms with E-state index >= 15 is 0 Å². The molecule has 0 radical (unpaired) electrons. The lowest BCUT2D eigenvalue weighted by molar-refractivity contribution is -0.116. The molecule has 4 rings (SSSR count). The van der Waals surface area contributed by atoms with Gasteiger partial charge in [-0.3, -0.25) is 14.5 Å². The summed E-state index contributed by atoms with van der Waals surface area (Å²) in [4.78, 5) is 31.6. The van der Waals surface area contributed by atoms with Gasteiger partial charge in [-0.05, 0) is 49.2 Å². The van der Waals surface area contributed by atoms with Crippen LogP contribution in [0.2, 0.25) is 0 Å². The van der Waals surface area contributed by atoms with Gasteiger partial charge in [0.1, 0.15) is 24.7 Å². The van der Waals surface area contributed by atoms with Crippen LogP contribution in [0.15, 0.2) is 71.8 Å². The minimum atomic E-state index is -0.384.